The lowest BCUT2D eigenvalue weighted by Gasteiger charge is -2.32. The monoisotopic (exact) mass is 320 g/mol. The summed E-state index contributed by atoms with van der Waals surface area (Å²) in [7, 11) is -3.46. The van der Waals surface area contributed by atoms with Crippen LogP contribution in [0, 0.1) is 0 Å². The Balaban J connectivity index is 2.36. The van der Waals surface area contributed by atoms with Gasteiger partial charge in [0.15, 0.2) is 0 Å². The first kappa shape index (κ1) is 15.1. The van der Waals surface area contributed by atoms with Crippen LogP contribution in [-0.2, 0) is 10.0 Å². The fourth-order valence-electron chi connectivity index (χ4n) is 2.12. The van der Waals surface area contributed by atoms with Crippen molar-refractivity contribution < 1.29 is 8.42 Å². The van der Waals surface area contributed by atoms with Gasteiger partial charge in [-0.25, -0.2) is 8.42 Å². The van der Waals surface area contributed by atoms with Gasteiger partial charge in [-0.15, -0.1) is 11.8 Å². The van der Waals surface area contributed by atoms with E-state index in [0.717, 1.165) is 4.90 Å². The molecule has 0 amide bonds. The highest BCUT2D eigenvalue weighted by atomic mass is 35.5. The number of benzene rings is 1. The molecule has 4 nitrogen and oxygen atoms in total. The molecule has 0 bridgehead atoms. The Morgan fingerprint density at radius 1 is 1.47 bits per heavy atom. The van der Waals surface area contributed by atoms with Crippen molar-refractivity contribution in [3.63, 3.8) is 0 Å². The van der Waals surface area contributed by atoms with Gasteiger partial charge in [-0.2, -0.15) is 4.31 Å². The van der Waals surface area contributed by atoms with Crippen molar-refractivity contribution in [1.29, 1.82) is 0 Å². The second kappa shape index (κ2) is 6.01. The third-order valence-corrected chi connectivity index (χ3v) is 6.40. The van der Waals surface area contributed by atoms with Gasteiger partial charge in [0.25, 0.3) is 0 Å². The van der Waals surface area contributed by atoms with Crippen molar-refractivity contribution in [2.45, 2.75) is 22.8 Å². The minimum atomic E-state index is -3.46. The molecule has 1 fully saturated rings. The molecule has 1 saturated heterocycles. The van der Waals surface area contributed by atoms with Gasteiger partial charge >= 0.3 is 0 Å². The van der Waals surface area contributed by atoms with Crippen LogP contribution in [0.3, 0.4) is 0 Å². The fourth-order valence-corrected chi connectivity index (χ4v) is 4.71. The van der Waals surface area contributed by atoms with E-state index in [1.807, 2.05) is 13.2 Å². The predicted molar refractivity (Wildman–Crippen MR) is 79.5 cm³/mol. The van der Waals surface area contributed by atoms with Crippen molar-refractivity contribution in [2.75, 3.05) is 25.9 Å². The summed E-state index contributed by atoms with van der Waals surface area (Å²) >= 11 is 7.60. The van der Waals surface area contributed by atoms with E-state index in [1.54, 1.807) is 12.1 Å². The lowest BCUT2D eigenvalue weighted by molar-refractivity contribution is 0.284. The summed E-state index contributed by atoms with van der Waals surface area (Å²) in [5.41, 5.74) is 0. The van der Waals surface area contributed by atoms with E-state index in [0.29, 0.717) is 24.7 Å². The lowest BCUT2D eigenvalue weighted by atomic mass is 10.3. The van der Waals surface area contributed by atoms with Crippen molar-refractivity contribution in [3.05, 3.63) is 23.2 Å². The van der Waals surface area contributed by atoms with E-state index in [9.17, 15) is 8.42 Å². The van der Waals surface area contributed by atoms with E-state index in [2.05, 4.69) is 5.32 Å². The Morgan fingerprint density at radius 2 is 2.21 bits per heavy atom. The Hall–Kier alpha value is -0.270. The molecule has 7 heteroatoms. The first-order chi connectivity index (χ1) is 8.96. The normalized spacial score (nSPS) is 21.5. The number of sulfonamides is 1. The van der Waals surface area contributed by atoms with Crippen LogP contribution in [0.5, 0.6) is 0 Å². The summed E-state index contributed by atoms with van der Waals surface area (Å²) in [5, 5.41) is 3.66. The molecule has 1 atom stereocenters. The molecule has 1 aromatic carbocycles. The molecule has 0 aliphatic carbocycles. The van der Waals surface area contributed by atoms with Gasteiger partial charge in [0.1, 0.15) is 0 Å². The SMILES string of the molecule is CSc1ccc(S(=O)(=O)N2CCNCC2C)cc1Cl. The molecule has 2 rings (SSSR count). The molecule has 0 radical (unpaired) electrons. The third-order valence-electron chi connectivity index (χ3n) is 3.17. The highest BCUT2D eigenvalue weighted by Crippen LogP contribution is 2.29. The lowest BCUT2D eigenvalue weighted by Crippen LogP contribution is -2.52. The van der Waals surface area contributed by atoms with Crippen LogP contribution in [0.1, 0.15) is 6.92 Å². The average molecular weight is 321 g/mol. The highest BCUT2D eigenvalue weighted by Gasteiger charge is 2.31. The number of nitrogens with zero attached hydrogens (tertiary/aromatic N) is 1. The Kier molecular flexibility index (Phi) is 4.79. The van der Waals surface area contributed by atoms with Gasteiger partial charge < -0.3 is 5.32 Å². The van der Waals surface area contributed by atoms with Crippen LogP contribution in [0.15, 0.2) is 28.0 Å². The second-order valence-electron chi connectivity index (χ2n) is 4.47. The van der Waals surface area contributed by atoms with E-state index >= 15 is 0 Å². The molecule has 1 aromatic rings. The smallest absolute Gasteiger partial charge is 0.243 e. The van der Waals surface area contributed by atoms with Crippen LogP contribution < -0.4 is 5.32 Å². The maximum absolute atomic E-state index is 12.6. The van der Waals surface area contributed by atoms with E-state index in [1.165, 1.54) is 22.1 Å². The van der Waals surface area contributed by atoms with Crippen molar-refractivity contribution in [1.82, 2.24) is 9.62 Å². The van der Waals surface area contributed by atoms with Crippen molar-refractivity contribution >= 4 is 33.4 Å². The molecule has 1 N–H and O–H groups in total. The van der Waals surface area contributed by atoms with E-state index < -0.39 is 10.0 Å². The zero-order chi connectivity index (χ0) is 14.0. The highest BCUT2D eigenvalue weighted by molar-refractivity contribution is 7.98. The third kappa shape index (κ3) is 3.08. The molecule has 1 aliphatic heterocycles. The molecule has 0 spiro atoms. The zero-order valence-electron chi connectivity index (χ0n) is 10.9. The number of thioether (sulfide) groups is 1. The Morgan fingerprint density at radius 3 is 2.79 bits per heavy atom. The number of hydrogen-bond donors (Lipinski definition) is 1. The first-order valence-corrected chi connectivity index (χ1v) is 9.07. The largest absolute Gasteiger partial charge is 0.314 e. The minimum absolute atomic E-state index is 0.0437. The molecular weight excluding hydrogens is 304 g/mol. The summed E-state index contributed by atoms with van der Waals surface area (Å²) in [4.78, 5) is 1.15. The van der Waals surface area contributed by atoms with E-state index in [-0.39, 0.29) is 10.9 Å². The van der Waals surface area contributed by atoms with Crippen LogP contribution in [0.4, 0.5) is 0 Å². The van der Waals surface area contributed by atoms with Crippen molar-refractivity contribution in [2.24, 2.45) is 0 Å². The quantitative estimate of drug-likeness (QED) is 0.866. The molecule has 19 heavy (non-hydrogen) atoms. The Bertz CT molecular complexity index is 563. The van der Waals surface area contributed by atoms with Crippen LogP contribution >= 0.6 is 23.4 Å². The maximum Gasteiger partial charge on any atom is 0.243 e. The number of hydrogen-bond acceptors (Lipinski definition) is 4. The van der Waals surface area contributed by atoms with Gasteiger partial charge in [-0.1, -0.05) is 11.6 Å². The standard InChI is InChI=1S/C12H17ClN2O2S2/c1-9-8-14-5-6-15(9)19(16,17)10-3-4-12(18-2)11(13)7-10/h3-4,7,9,14H,5-6,8H2,1-2H3. The zero-order valence-corrected chi connectivity index (χ0v) is 13.3. The van der Waals surface area contributed by atoms with Gasteiger partial charge in [0.05, 0.1) is 9.92 Å². The number of halogens is 1. The van der Waals surface area contributed by atoms with Crippen LogP contribution in [-0.4, -0.2) is 44.7 Å². The summed E-state index contributed by atoms with van der Waals surface area (Å²) in [6.45, 7) is 3.75. The molecular formula is C12H17ClN2O2S2. The first-order valence-electron chi connectivity index (χ1n) is 6.03. The molecule has 0 aromatic heterocycles. The molecule has 106 valence electrons. The van der Waals surface area contributed by atoms with Crippen LogP contribution in [0.25, 0.3) is 0 Å². The summed E-state index contributed by atoms with van der Waals surface area (Å²) < 4.78 is 26.7. The van der Waals surface area contributed by atoms with Gasteiger partial charge in [-0.3, -0.25) is 0 Å². The number of nitrogens with one attached hydrogen (secondary N) is 1. The summed E-state index contributed by atoms with van der Waals surface area (Å²) in [6, 6.07) is 4.88. The van der Waals surface area contributed by atoms with Crippen molar-refractivity contribution in [3.8, 4) is 0 Å². The minimum Gasteiger partial charge on any atom is -0.314 e. The van der Waals surface area contributed by atoms with E-state index in [4.69, 9.17) is 11.6 Å². The van der Waals surface area contributed by atoms with Gasteiger partial charge in [0.2, 0.25) is 10.0 Å². The predicted octanol–water partition coefficient (Wildman–Crippen LogP) is 2.04. The summed E-state index contributed by atoms with van der Waals surface area (Å²) in [5.74, 6) is 0. The Labute approximate surface area is 123 Å². The average Bonchev–Trinajstić information content (AvgIpc) is 2.39. The molecule has 1 aliphatic rings. The molecule has 0 saturated carbocycles. The molecule has 1 unspecified atom stereocenters. The topological polar surface area (TPSA) is 49.4 Å². The molecule has 1 heterocycles. The summed E-state index contributed by atoms with van der Waals surface area (Å²) in [6.07, 6.45) is 1.91. The van der Waals surface area contributed by atoms with Crippen LogP contribution in [0.2, 0.25) is 5.02 Å². The number of rotatable bonds is 3. The van der Waals surface area contributed by atoms with Gasteiger partial charge in [-0.05, 0) is 31.4 Å². The maximum atomic E-state index is 12.6. The second-order valence-corrected chi connectivity index (χ2v) is 7.61. The number of piperazine rings is 1. The van der Waals surface area contributed by atoms with Gasteiger partial charge in [0, 0.05) is 30.6 Å². The fraction of sp³-hybridized carbons (Fsp3) is 0.500.